The molecule has 0 saturated carbocycles. The number of anilines is 1. The van der Waals surface area contributed by atoms with Crippen molar-refractivity contribution in [2.75, 3.05) is 12.4 Å². The van der Waals surface area contributed by atoms with Crippen molar-refractivity contribution in [2.45, 2.75) is 64.4 Å². The van der Waals surface area contributed by atoms with E-state index in [0.717, 1.165) is 36.6 Å². The van der Waals surface area contributed by atoms with E-state index >= 15 is 0 Å². The quantitative estimate of drug-likeness (QED) is 0.317. The lowest BCUT2D eigenvalue weighted by atomic mass is 10.0. The molecule has 0 bridgehead atoms. The van der Waals surface area contributed by atoms with Gasteiger partial charge in [0.15, 0.2) is 11.5 Å². The summed E-state index contributed by atoms with van der Waals surface area (Å²) in [7, 11) is 1.37. The Morgan fingerprint density at radius 1 is 1.14 bits per heavy atom. The lowest BCUT2D eigenvalue weighted by Gasteiger charge is -2.28. The lowest BCUT2D eigenvalue weighted by Crippen LogP contribution is -2.34. The molecule has 1 atom stereocenters. The fourth-order valence-corrected chi connectivity index (χ4v) is 4.68. The molecule has 1 heterocycles. The van der Waals surface area contributed by atoms with Crippen LogP contribution in [0, 0.1) is 0 Å². The van der Waals surface area contributed by atoms with Gasteiger partial charge in [0.1, 0.15) is 0 Å². The minimum atomic E-state index is -3.00. The fourth-order valence-electron chi connectivity index (χ4n) is 3.74. The Morgan fingerprint density at radius 3 is 2.53 bits per heavy atom. The monoisotopic (exact) mass is 519 g/mol. The van der Waals surface area contributed by atoms with Crippen LogP contribution in [0.2, 0.25) is 0 Å². The number of unbranched alkanes of at least 4 members (excludes halogenated alkanes) is 2. The van der Waals surface area contributed by atoms with Gasteiger partial charge in [-0.3, -0.25) is 9.59 Å². The van der Waals surface area contributed by atoms with E-state index in [1.54, 1.807) is 24.3 Å². The summed E-state index contributed by atoms with van der Waals surface area (Å²) in [5.74, 6) is 0.0679. The number of carbonyl (C=O) groups excluding carboxylic acids is 2. The van der Waals surface area contributed by atoms with Gasteiger partial charge in [0.25, 0.3) is 0 Å². The summed E-state index contributed by atoms with van der Waals surface area (Å²) in [5.41, 5.74) is 2.70. The molecular formula is C26H31F2N3O4S. The maximum Gasteiger partial charge on any atom is 0.387 e. The Bertz CT molecular complexity index is 1080. The molecule has 36 heavy (non-hydrogen) atoms. The molecule has 3 rings (SSSR count). The molecule has 1 unspecified atom stereocenters. The third-order valence-corrected chi connectivity index (χ3v) is 6.86. The van der Waals surface area contributed by atoms with Gasteiger partial charge in [0, 0.05) is 17.7 Å². The van der Waals surface area contributed by atoms with Crippen LogP contribution < -0.4 is 14.8 Å². The predicted octanol–water partition coefficient (Wildman–Crippen LogP) is 6.67. The lowest BCUT2D eigenvalue weighted by molar-refractivity contribution is -0.116. The molecule has 0 spiro atoms. The zero-order chi connectivity index (χ0) is 26.1. The number of amides is 2. The first-order valence-corrected chi connectivity index (χ1v) is 12.8. The van der Waals surface area contributed by atoms with Crippen LogP contribution in [0.1, 0.15) is 57.1 Å². The van der Waals surface area contributed by atoms with E-state index in [0.29, 0.717) is 29.8 Å². The number of hydrogen-bond donors (Lipinski definition) is 1. The highest BCUT2D eigenvalue weighted by Crippen LogP contribution is 2.34. The zero-order valence-corrected chi connectivity index (χ0v) is 21.4. The number of hydrazone groups is 1. The topological polar surface area (TPSA) is 80.2 Å². The molecule has 1 aliphatic heterocycles. The number of nitrogens with zero attached hydrogens (tertiary/aromatic N) is 2. The second kappa shape index (κ2) is 13.2. The Hall–Kier alpha value is -3.14. The normalized spacial score (nSPS) is 15.6. The Morgan fingerprint density at radius 2 is 1.89 bits per heavy atom. The van der Waals surface area contributed by atoms with Crippen molar-refractivity contribution < 1.29 is 27.8 Å². The van der Waals surface area contributed by atoms with Gasteiger partial charge < -0.3 is 14.8 Å². The summed E-state index contributed by atoms with van der Waals surface area (Å²) in [4.78, 5) is 24.8. The van der Waals surface area contributed by atoms with Crippen LogP contribution in [0.15, 0.2) is 47.6 Å². The van der Waals surface area contributed by atoms with E-state index in [4.69, 9.17) is 4.74 Å². The van der Waals surface area contributed by atoms with Crippen molar-refractivity contribution in [3.05, 3.63) is 53.6 Å². The van der Waals surface area contributed by atoms with E-state index in [1.165, 1.54) is 18.2 Å². The molecule has 0 radical (unpaired) electrons. The molecule has 2 aromatic carbocycles. The van der Waals surface area contributed by atoms with Crippen LogP contribution in [0.4, 0.5) is 19.3 Å². The number of halogens is 2. The largest absolute Gasteiger partial charge is 0.493 e. The van der Waals surface area contributed by atoms with E-state index < -0.39 is 6.61 Å². The molecule has 10 heteroatoms. The second-order valence-electron chi connectivity index (χ2n) is 8.27. The highest BCUT2D eigenvalue weighted by molar-refractivity contribution is 8.14. The molecule has 194 valence electrons. The smallest absolute Gasteiger partial charge is 0.387 e. The van der Waals surface area contributed by atoms with E-state index in [9.17, 15) is 18.4 Å². The van der Waals surface area contributed by atoms with Gasteiger partial charge in [-0.05, 0) is 48.7 Å². The molecule has 1 aliphatic rings. The molecule has 0 fully saturated rings. The average Bonchev–Trinajstić information content (AvgIpc) is 2.86. The number of ether oxygens (including phenoxy) is 2. The number of thioether (sulfide) groups is 1. The summed E-state index contributed by atoms with van der Waals surface area (Å²) in [6.07, 6.45) is 4.06. The average molecular weight is 520 g/mol. The van der Waals surface area contributed by atoms with Crippen LogP contribution in [-0.4, -0.2) is 40.8 Å². The number of rotatable bonds is 12. The Balaban J connectivity index is 1.77. The van der Waals surface area contributed by atoms with Crippen LogP contribution in [-0.2, 0) is 11.3 Å². The SMILES string of the molecule is CCCCCC(=O)Nc1ccc(CN2N=C(c3ccc(OC)c(OC(F)F)c3)C(CC)SC2=O)cc1. The number of benzene rings is 2. The molecule has 1 N–H and O–H groups in total. The minimum Gasteiger partial charge on any atom is -0.493 e. The molecule has 0 saturated heterocycles. The van der Waals surface area contributed by atoms with Crippen molar-refractivity contribution in [2.24, 2.45) is 5.10 Å². The Labute approximate surface area is 214 Å². The maximum atomic E-state index is 12.9. The second-order valence-corrected chi connectivity index (χ2v) is 9.42. The van der Waals surface area contributed by atoms with Gasteiger partial charge in [0.05, 0.1) is 24.6 Å². The summed E-state index contributed by atoms with van der Waals surface area (Å²) < 4.78 is 35.5. The summed E-state index contributed by atoms with van der Waals surface area (Å²) in [5, 5.41) is 8.41. The number of alkyl halides is 2. The van der Waals surface area contributed by atoms with Gasteiger partial charge in [-0.1, -0.05) is 50.6 Å². The first-order valence-electron chi connectivity index (χ1n) is 11.9. The molecular weight excluding hydrogens is 488 g/mol. The van der Waals surface area contributed by atoms with Crippen LogP contribution in [0.3, 0.4) is 0 Å². The van der Waals surface area contributed by atoms with Crippen molar-refractivity contribution in [1.82, 2.24) is 5.01 Å². The van der Waals surface area contributed by atoms with Crippen LogP contribution in [0.25, 0.3) is 0 Å². The highest BCUT2D eigenvalue weighted by atomic mass is 32.2. The first kappa shape index (κ1) is 27.4. The molecule has 0 aromatic heterocycles. The zero-order valence-electron chi connectivity index (χ0n) is 20.6. The number of hydrogen-bond acceptors (Lipinski definition) is 6. The Kier molecular flexibility index (Phi) is 10.1. The predicted molar refractivity (Wildman–Crippen MR) is 138 cm³/mol. The molecule has 2 aromatic rings. The maximum absolute atomic E-state index is 12.9. The summed E-state index contributed by atoms with van der Waals surface area (Å²) in [6.45, 7) is 1.26. The fraction of sp³-hybridized carbons (Fsp3) is 0.423. The molecule has 7 nitrogen and oxygen atoms in total. The number of nitrogens with one attached hydrogen (secondary N) is 1. The summed E-state index contributed by atoms with van der Waals surface area (Å²) >= 11 is 1.15. The van der Waals surface area contributed by atoms with Gasteiger partial charge in [-0.15, -0.1) is 0 Å². The molecule has 2 amide bonds. The van der Waals surface area contributed by atoms with E-state index in [-0.39, 0.29) is 34.4 Å². The van der Waals surface area contributed by atoms with Gasteiger partial charge in [-0.25, -0.2) is 5.01 Å². The minimum absolute atomic E-state index is 0.0201. The van der Waals surface area contributed by atoms with Crippen molar-refractivity contribution in [3.63, 3.8) is 0 Å². The van der Waals surface area contributed by atoms with Crippen LogP contribution >= 0.6 is 11.8 Å². The third kappa shape index (κ3) is 7.43. The van der Waals surface area contributed by atoms with Gasteiger partial charge >= 0.3 is 11.9 Å². The number of carbonyl (C=O) groups is 2. The van der Waals surface area contributed by atoms with Crippen LogP contribution in [0.5, 0.6) is 11.5 Å². The third-order valence-electron chi connectivity index (χ3n) is 5.61. The van der Waals surface area contributed by atoms with E-state index in [1.807, 2.05) is 19.1 Å². The number of methoxy groups -OCH3 is 1. The molecule has 0 aliphatic carbocycles. The first-order chi connectivity index (χ1) is 17.3. The van der Waals surface area contributed by atoms with Gasteiger partial charge in [-0.2, -0.15) is 13.9 Å². The summed E-state index contributed by atoms with van der Waals surface area (Å²) in [6, 6.07) is 12.0. The van der Waals surface area contributed by atoms with Crippen molar-refractivity contribution in [3.8, 4) is 11.5 Å². The standard InChI is InChI=1S/C26H31F2N3O4S/c1-4-6-7-8-23(32)29-19-12-9-17(10-13-19)16-31-26(33)36-22(5-2)24(30-31)18-11-14-20(34-3)21(15-18)35-25(27)28/h9-15,22,25H,4-8,16H2,1-3H3,(H,29,32). The van der Waals surface area contributed by atoms with Crippen molar-refractivity contribution >= 4 is 34.3 Å². The van der Waals surface area contributed by atoms with Gasteiger partial charge in [0.2, 0.25) is 5.91 Å². The van der Waals surface area contributed by atoms with E-state index in [2.05, 4.69) is 22.1 Å². The highest BCUT2D eigenvalue weighted by Gasteiger charge is 2.31. The van der Waals surface area contributed by atoms with Crippen molar-refractivity contribution in [1.29, 1.82) is 0 Å².